The largest absolute Gasteiger partial charge is 0.490 e. The molecule has 0 radical (unpaired) electrons. The zero-order chi connectivity index (χ0) is 14.2. The van der Waals surface area contributed by atoms with Gasteiger partial charge in [0.25, 0.3) is 0 Å². The van der Waals surface area contributed by atoms with Gasteiger partial charge < -0.3 is 15.2 Å². The second-order valence-electron chi connectivity index (χ2n) is 4.66. The molecule has 0 amide bonds. The molecule has 2 N–H and O–H groups in total. The van der Waals surface area contributed by atoms with Crippen LogP contribution in [0.3, 0.4) is 0 Å². The lowest BCUT2D eigenvalue weighted by Crippen LogP contribution is -2.11. The number of rotatable bonds is 7. The van der Waals surface area contributed by atoms with Gasteiger partial charge in [0.05, 0.1) is 0 Å². The number of hydrogen-bond acceptors (Lipinski definition) is 3. The van der Waals surface area contributed by atoms with Crippen LogP contribution in [0.25, 0.3) is 0 Å². The Labute approximate surface area is 120 Å². The first-order valence-corrected chi connectivity index (χ1v) is 6.90. The first kappa shape index (κ1) is 14.4. The number of aryl methyl sites for hydroxylation is 1. The van der Waals surface area contributed by atoms with Crippen LogP contribution >= 0.6 is 0 Å². The Bertz CT molecular complexity index is 523. The van der Waals surface area contributed by atoms with Gasteiger partial charge in [0.2, 0.25) is 0 Å². The van der Waals surface area contributed by atoms with Crippen molar-refractivity contribution in [2.45, 2.75) is 13.3 Å². The van der Waals surface area contributed by atoms with E-state index in [-0.39, 0.29) is 0 Å². The smallest absolute Gasteiger partial charge is 0.122 e. The average molecular weight is 271 g/mol. The van der Waals surface area contributed by atoms with E-state index in [4.69, 9.17) is 15.2 Å². The molecule has 0 aliphatic carbocycles. The highest BCUT2D eigenvalue weighted by Crippen LogP contribution is 2.18. The lowest BCUT2D eigenvalue weighted by atomic mass is 10.1. The molecule has 2 aromatic carbocycles. The van der Waals surface area contributed by atoms with Crippen LogP contribution in [0.4, 0.5) is 0 Å². The lowest BCUT2D eigenvalue weighted by molar-refractivity contribution is 0.216. The summed E-state index contributed by atoms with van der Waals surface area (Å²) in [6, 6.07) is 16.0. The van der Waals surface area contributed by atoms with Crippen LogP contribution in [-0.4, -0.2) is 19.8 Å². The number of hydrogen-bond donors (Lipinski definition) is 1. The number of nitrogens with two attached hydrogens (primary N) is 1. The Kier molecular flexibility index (Phi) is 5.44. The topological polar surface area (TPSA) is 44.5 Å². The molecule has 2 rings (SSSR count). The maximum atomic E-state index is 5.75. The Hall–Kier alpha value is -2.00. The van der Waals surface area contributed by atoms with Crippen LogP contribution in [0.2, 0.25) is 0 Å². The van der Waals surface area contributed by atoms with Crippen molar-refractivity contribution in [2.75, 3.05) is 19.8 Å². The van der Waals surface area contributed by atoms with Crippen LogP contribution in [0.15, 0.2) is 48.5 Å². The third kappa shape index (κ3) is 4.28. The van der Waals surface area contributed by atoms with Gasteiger partial charge in [-0.3, -0.25) is 0 Å². The zero-order valence-electron chi connectivity index (χ0n) is 11.8. The van der Waals surface area contributed by atoms with E-state index in [0.717, 1.165) is 23.5 Å². The van der Waals surface area contributed by atoms with Gasteiger partial charge in [0.15, 0.2) is 0 Å². The molecule has 20 heavy (non-hydrogen) atoms. The van der Waals surface area contributed by atoms with Gasteiger partial charge in [0.1, 0.15) is 24.7 Å². The van der Waals surface area contributed by atoms with E-state index in [2.05, 4.69) is 6.92 Å². The Morgan fingerprint density at radius 2 is 1.60 bits per heavy atom. The second-order valence-corrected chi connectivity index (χ2v) is 4.66. The predicted molar refractivity (Wildman–Crippen MR) is 81.4 cm³/mol. The molecule has 0 bridgehead atoms. The molecular weight excluding hydrogens is 250 g/mol. The van der Waals surface area contributed by atoms with Crippen LogP contribution < -0.4 is 15.2 Å². The molecule has 3 heteroatoms. The third-order valence-corrected chi connectivity index (χ3v) is 3.02. The maximum absolute atomic E-state index is 5.75. The summed E-state index contributed by atoms with van der Waals surface area (Å²) in [5.74, 6) is 1.76. The predicted octanol–water partition coefficient (Wildman–Crippen LogP) is 2.95. The van der Waals surface area contributed by atoms with Crippen molar-refractivity contribution in [1.29, 1.82) is 0 Å². The normalized spacial score (nSPS) is 10.3. The van der Waals surface area contributed by atoms with E-state index in [1.807, 2.05) is 48.5 Å². The van der Waals surface area contributed by atoms with E-state index in [9.17, 15) is 0 Å². The van der Waals surface area contributed by atoms with Gasteiger partial charge >= 0.3 is 0 Å². The van der Waals surface area contributed by atoms with Gasteiger partial charge in [-0.2, -0.15) is 0 Å². The quantitative estimate of drug-likeness (QED) is 0.787. The van der Waals surface area contributed by atoms with Crippen molar-refractivity contribution < 1.29 is 9.47 Å². The van der Waals surface area contributed by atoms with Gasteiger partial charge in [-0.1, -0.05) is 35.9 Å². The minimum absolute atomic E-state index is 0.523. The van der Waals surface area contributed by atoms with Crippen molar-refractivity contribution >= 4 is 0 Å². The van der Waals surface area contributed by atoms with E-state index < -0.39 is 0 Å². The number of benzene rings is 2. The molecule has 0 saturated heterocycles. The lowest BCUT2D eigenvalue weighted by Gasteiger charge is -2.11. The zero-order valence-corrected chi connectivity index (χ0v) is 11.8. The van der Waals surface area contributed by atoms with Crippen molar-refractivity contribution in [3.8, 4) is 11.5 Å². The molecule has 0 unspecified atom stereocenters. The minimum Gasteiger partial charge on any atom is -0.490 e. The highest BCUT2D eigenvalue weighted by atomic mass is 16.5. The summed E-state index contributed by atoms with van der Waals surface area (Å²) in [6.45, 7) is 3.73. The molecule has 3 nitrogen and oxygen atoms in total. The summed E-state index contributed by atoms with van der Waals surface area (Å²) >= 11 is 0. The number of ether oxygens (including phenoxy) is 2. The van der Waals surface area contributed by atoms with Crippen LogP contribution in [0, 0.1) is 6.92 Å². The third-order valence-electron chi connectivity index (χ3n) is 3.02. The fourth-order valence-corrected chi connectivity index (χ4v) is 1.95. The summed E-state index contributed by atoms with van der Waals surface area (Å²) < 4.78 is 11.4. The summed E-state index contributed by atoms with van der Waals surface area (Å²) in [5, 5.41) is 0. The highest BCUT2D eigenvalue weighted by Gasteiger charge is 2.02. The van der Waals surface area contributed by atoms with Crippen LogP contribution in [0.5, 0.6) is 11.5 Å². The van der Waals surface area contributed by atoms with E-state index in [0.29, 0.717) is 19.8 Å². The molecule has 0 fully saturated rings. The van der Waals surface area contributed by atoms with Crippen LogP contribution in [-0.2, 0) is 6.42 Å². The van der Waals surface area contributed by atoms with Crippen molar-refractivity contribution in [2.24, 2.45) is 5.73 Å². The molecular formula is C17H21NO2. The standard InChI is InChI=1S/C17H21NO2/c1-14-6-8-16(9-7-14)19-12-13-20-17-5-3-2-4-15(17)10-11-18/h2-9H,10-13,18H2,1H3. The molecule has 0 heterocycles. The molecule has 0 atom stereocenters. The molecule has 106 valence electrons. The minimum atomic E-state index is 0.523. The molecule has 0 saturated carbocycles. The monoisotopic (exact) mass is 271 g/mol. The SMILES string of the molecule is Cc1ccc(OCCOc2ccccc2CCN)cc1. The summed E-state index contributed by atoms with van der Waals surface area (Å²) in [7, 11) is 0. The van der Waals surface area contributed by atoms with Gasteiger partial charge in [-0.25, -0.2) is 0 Å². The Balaban J connectivity index is 1.79. The first-order valence-electron chi connectivity index (χ1n) is 6.90. The van der Waals surface area contributed by atoms with Crippen molar-refractivity contribution in [3.05, 3.63) is 59.7 Å². The van der Waals surface area contributed by atoms with Crippen LogP contribution in [0.1, 0.15) is 11.1 Å². The average Bonchev–Trinajstić information content (AvgIpc) is 2.47. The molecule has 0 aliphatic heterocycles. The Morgan fingerprint density at radius 3 is 2.35 bits per heavy atom. The van der Waals surface area contributed by atoms with Gasteiger partial charge in [-0.05, 0) is 43.7 Å². The summed E-state index contributed by atoms with van der Waals surface area (Å²) in [5.41, 5.74) is 7.96. The molecule has 0 spiro atoms. The highest BCUT2D eigenvalue weighted by molar-refractivity contribution is 5.33. The maximum Gasteiger partial charge on any atom is 0.122 e. The summed E-state index contributed by atoms with van der Waals surface area (Å²) in [6.07, 6.45) is 0.828. The fourth-order valence-electron chi connectivity index (χ4n) is 1.95. The van der Waals surface area contributed by atoms with Gasteiger partial charge in [0, 0.05) is 0 Å². The van der Waals surface area contributed by atoms with Gasteiger partial charge in [-0.15, -0.1) is 0 Å². The molecule has 0 aliphatic rings. The van der Waals surface area contributed by atoms with E-state index in [1.54, 1.807) is 0 Å². The van der Waals surface area contributed by atoms with E-state index >= 15 is 0 Å². The second kappa shape index (κ2) is 7.56. The van der Waals surface area contributed by atoms with Crippen molar-refractivity contribution in [1.82, 2.24) is 0 Å². The first-order chi connectivity index (χ1) is 9.79. The molecule has 2 aromatic rings. The Morgan fingerprint density at radius 1 is 0.900 bits per heavy atom. The fraction of sp³-hybridized carbons (Fsp3) is 0.294. The molecule has 0 aromatic heterocycles. The van der Waals surface area contributed by atoms with Crippen molar-refractivity contribution in [3.63, 3.8) is 0 Å². The summed E-state index contributed by atoms with van der Waals surface area (Å²) in [4.78, 5) is 0. The number of para-hydroxylation sites is 1. The van der Waals surface area contributed by atoms with E-state index in [1.165, 1.54) is 5.56 Å².